The number of benzene rings is 1. The van der Waals surface area contributed by atoms with Gasteiger partial charge in [0.1, 0.15) is 5.75 Å². The molecule has 1 unspecified atom stereocenters. The maximum Gasteiger partial charge on any atom is 0.115 e. The Labute approximate surface area is 92.2 Å². The zero-order valence-electron chi connectivity index (χ0n) is 8.13. The first-order valence-electron chi connectivity index (χ1n) is 4.67. The molecule has 0 saturated heterocycles. The van der Waals surface area contributed by atoms with E-state index < -0.39 is 0 Å². The summed E-state index contributed by atoms with van der Waals surface area (Å²) in [5, 5.41) is 9.14. The van der Waals surface area contributed by atoms with E-state index in [-0.39, 0.29) is 11.8 Å². The molecule has 0 aliphatic rings. The number of aromatic hydroxyl groups is 1. The molecule has 78 valence electrons. The van der Waals surface area contributed by atoms with Gasteiger partial charge in [0, 0.05) is 17.1 Å². The summed E-state index contributed by atoms with van der Waals surface area (Å²) in [6.45, 7) is 0. The Hall–Kier alpha value is -1.39. The third kappa shape index (κ3) is 2.55. The van der Waals surface area contributed by atoms with Crippen LogP contribution >= 0.6 is 11.3 Å². The second-order valence-electron chi connectivity index (χ2n) is 3.38. The Morgan fingerprint density at radius 1 is 1.33 bits per heavy atom. The van der Waals surface area contributed by atoms with Gasteiger partial charge in [-0.15, -0.1) is 11.3 Å². The average Bonchev–Trinajstić information content (AvgIpc) is 2.74. The van der Waals surface area contributed by atoms with E-state index in [9.17, 15) is 0 Å². The fourth-order valence-corrected chi connectivity index (χ4v) is 2.02. The second-order valence-corrected chi connectivity index (χ2v) is 4.30. The smallest absolute Gasteiger partial charge is 0.115 e. The maximum atomic E-state index is 9.14. The van der Waals surface area contributed by atoms with Crippen LogP contribution in [0.4, 0.5) is 0 Å². The first kappa shape index (κ1) is 10.1. The van der Waals surface area contributed by atoms with Gasteiger partial charge in [0.2, 0.25) is 0 Å². The highest BCUT2D eigenvalue weighted by Gasteiger charge is 2.08. The molecule has 1 heterocycles. The minimum absolute atomic E-state index is 0.0120. The van der Waals surface area contributed by atoms with E-state index in [0.29, 0.717) is 0 Å². The number of thiazole rings is 1. The predicted octanol–water partition coefficient (Wildman–Crippen LogP) is 2.09. The van der Waals surface area contributed by atoms with Crippen LogP contribution in [0.25, 0.3) is 0 Å². The van der Waals surface area contributed by atoms with Gasteiger partial charge < -0.3 is 10.8 Å². The van der Waals surface area contributed by atoms with Crippen LogP contribution in [0.1, 0.15) is 16.5 Å². The van der Waals surface area contributed by atoms with Crippen LogP contribution in [0.2, 0.25) is 0 Å². The Balaban J connectivity index is 2.06. The molecule has 3 N–H and O–H groups in total. The van der Waals surface area contributed by atoms with Gasteiger partial charge in [-0.2, -0.15) is 0 Å². The lowest BCUT2D eigenvalue weighted by Gasteiger charge is -2.08. The first-order valence-corrected chi connectivity index (χ1v) is 5.55. The van der Waals surface area contributed by atoms with Gasteiger partial charge in [0.05, 0.1) is 5.51 Å². The Bertz CT molecular complexity index is 411. The normalized spacial score (nSPS) is 12.6. The highest BCUT2D eigenvalue weighted by atomic mass is 32.1. The molecule has 0 saturated carbocycles. The van der Waals surface area contributed by atoms with Crippen molar-refractivity contribution in [1.82, 2.24) is 4.98 Å². The van der Waals surface area contributed by atoms with Crippen molar-refractivity contribution in [2.24, 2.45) is 5.73 Å². The van der Waals surface area contributed by atoms with Crippen molar-refractivity contribution in [1.29, 1.82) is 0 Å². The van der Waals surface area contributed by atoms with Gasteiger partial charge in [-0.05, 0) is 24.1 Å². The second kappa shape index (κ2) is 4.42. The number of nitrogens with zero attached hydrogens (tertiary/aromatic N) is 1. The molecular formula is C11H12N2OS. The number of hydrogen-bond donors (Lipinski definition) is 2. The molecule has 2 rings (SSSR count). The Morgan fingerprint density at radius 3 is 2.67 bits per heavy atom. The van der Waals surface area contributed by atoms with Crippen molar-refractivity contribution in [2.75, 3.05) is 0 Å². The minimum atomic E-state index is -0.0120. The molecular weight excluding hydrogens is 208 g/mol. The summed E-state index contributed by atoms with van der Waals surface area (Å²) in [5.74, 6) is 0.283. The fraction of sp³-hybridized carbons (Fsp3) is 0.182. The summed E-state index contributed by atoms with van der Waals surface area (Å²) in [6.07, 6.45) is 2.57. The molecule has 15 heavy (non-hydrogen) atoms. The quantitative estimate of drug-likeness (QED) is 0.832. The number of aromatic nitrogens is 1. The number of phenols is 1. The lowest BCUT2D eigenvalue weighted by molar-refractivity contribution is 0.475. The molecule has 2 aromatic rings. The predicted molar refractivity (Wildman–Crippen MR) is 60.9 cm³/mol. The molecule has 1 aromatic carbocycles. The molecule has 1 atom stereocenters. The van der Waals surface area contributed by atoms with E-state index in [2.05, 4.69) is 4.98 Å². The van der Waals surface area contributed by atoms with Crippen LogP contribution in [-0.4, -0.2) is 10.1 Å². The molecule has 0 aliphatic carbocycles. The van der Waals surface area contributed by atoms with Gasteiger partial charge in [-0.25, -0.2) is 0 Å². The topological polar surface area (TPSA) is 59.1 Å². The third-order valence-corrected chi connectivity index (χ3v) is 3.12. The van der Waals surface area contributed by atoms with Crippen molar-refractivity contribution < 1.29 is 5.11 Å². The van der Waals surface area contributed by atoms with Crippen molar-refractivity contribution in [3.63, 3.8) is 0 Å². The van der Waals surface area contributed by atoms with Gasteiger partial charge >= 0.3 is 0 Å². The summed E-state index contributed by atoms with van der Waals surface area (Å²) in [6, 6.07) is 7.11. The number of rotatable bonds is 3. The molecule has 0 aliphatic heterocycles. The summed E-state index contributed by atoms with van der Waals surface area (Å²) in [4.78, 5) is 5.08. The standard InChI is InChI=1S/C11H12N2OS/c12-10(11-6-13-7-15-11)5-8-1-3-9(14)4-2-8/h1-4,6-7,10,14H,5,12H2. The van der Waals surface area contributed by atoms with Crippen LogP contribution in [0.3, 0.4) is 0 Å². The largest absolute Gasteiger partial charge is 0.508 e. The van der Waals surface area contributed by atoms with Crippen LogP contribution in [0.5, 0.6) is 5.75 Å². The van der Waals surface area contributed by atoms with E-state index in [1.807, 2.05) is 12.1 Å². The highest BCUT2D eigenvalue weighted by Crippen LogP contribution is 2.20. The Morgan fingerprint density at radius 2 is 2.07 bits per heavy atom. The van der Waals surface area contributed by atoms with Gasteiger partial charge in [-0.1, -0.05) is 12.1 Å². The highest BCUT2D eigenvalue weighted by molar-refractivity contribution is 7.09. The number of phenolic OH excluding ortho intramolecular Hbond substituents is 1. The van der Waals surface area contributed by atoms with Crippen LogP contribution in [0, 0.1) is 0 Å². The van der Waals surface area contributed by atoms with Crippen LogP contribution < -0.4 is 5.73 Å². The van der Waals surface area contributed by atoms with Crippen molar-refractivity contribution >= 4 is 11.3 Å². The molecule has 1 aromatic heterocycles. The summed E-state index contributed by atoms with van der Waals surface area (Å²) < 4.78 is 0. The first-order chi connectivity index (χ1) is 7.25. The van der Waals surface area contributed by atoms with Crippen molar-refractivity contribution in [3.8, 4) is 5.75 Å². The van der Waals surface area contributed by atoms with Gasteiger partial charge in [-0.3, -0.25) is 4.98 Å². The zero-order valence-corrected chi connectivity index (χ0v) is 8.95. The Kier molecular flexibility index (Phi) is 2.99. The number of hydrogen-bond acceptors (Lipinski definition) is 4. The lowest BCUT2D eigenvalue weighted by atomic mass is 10.1. The monoisotopic (exact) mass is 220 g/mol. The van der Waals surface area contributed by atoms with Gasteiger partial charge in [0.25, 0.3) is 0 Å². The molecule has 0 bridgehead atoms. The molecule has 0 spiro atoms. The van der Waals surface area contributed by atoms with Crippen molar-refractivity contribution in [2.45, 2.75) is 12.5 Å². The maximum absolute atomic E-state index is 9.14. The van der Waals surface area contributed by atoms with E-state index in [1.54, 1.807) is 35.2 Å². The SMILES string of the molecule is NC(Cc1ccc(O)cc1)c1cncs1. The molecule has 0 amide bonds. The molecule has 4 heteroatoms. The third-order valence-electron chi connectivity index (χ3n) is 2.21. The summed E-state index contributed by atoms with van der Waals surface area (Å²) in [5.41, 5.74) is 8.92. The van der Waals surface area contributed by atoms with E-state index in [0.717, 1.165) is 16.9 Å². The lowest BCUT2D eigenvalue weighted by Crippen LogP contribution is -2.11. The van der Waals surface area contributed by atoms with E-state index >= 15 is 0 Å². The minimum Gasteiger partial charge on any atom is -0.508 e. The average molecular weight is 220 g/mol. The van der Waals surface area contributed by atoms with Crippen LogP contribution in [-0.2, 0) is 6.42 Å². The summed E-state index contributed by atoms with van der Waals surface area (Å²) >= 11 is 1.57. The van der Waals surface area contributed by atoms with Crippen molar-refractivity contribution in [3.05, 3.63) is 46.4 Å². The molecule has 0 radical (unpaired) electrons. The van der Waals surface area contributed by atoms with Crippen LogP contribution in [0.15, 0.2) is 36.0 Å². The zero-order chi connectivity index (χ0) is 10.7. The van der Waals surface area contributed by atoms with Gasteiger partial charge in [0.15, 0.2) is 0 Å². The fourth-order valence-electron chi connectivity index (χ4n) is 1.40. The van der Waals surface area contributed by atoms with E-state index in [4.69, 9.17) is 10.8 Å². The molecule has 3 nitrogen and oxygen atoms in total. The molecule has 0 fully saturated rings. The summed E-state index contributed by atoms with van der Waals surface area (Å²) in [7, 11) is 0. The van der Waals surface area contributed by atoms with E-state index in [1.165, 1.54) is 0 Å². The number of nitrogens with two attached hydrogens (primary N) is 1.